The van der Waals surface area contributed by atoms with Crippen molar-refractivity contribution in [2.45, 2.75) is 53.0 Å². The molecule has 9 nitrogen and oxygen atoms in total. The van der Waals surface area contributed by atoms with Crippen LogP contribution in [0.3, 0.4) is 0 Å². The van der Waals surface area contributed by atoms with Gasteiger partial charge in [0, 0.05) is 28.2 Å². The number of hydrogen-bond acceptors (Lipinski definition) is 5. The number of rotatable bonds is 8. The molecule has 0 atom stereocenters. The molecule has 0 aliphatic rings. The lowest BCUT2D eigenvalue weighted by molar-refractivity contribution is -0.117. The summed E-state index contributed by atoms with van der Waals surface area (Å²) in [6.45, 7) is 11.6. The summed E-state index contributed by atoms with van der Waals surface area (Å²) in [6.07, 6.45) is 0. The van der Waals surface area contributed by atoms with E-state index >= 15 is 0 Å². The summed E-state index contributed by atoms with van der Waals surface area (Å²) in [5, 5.41) is 11.0. The molecular formula is C28H34ClN5O4. The molecule has 3 amide bonds. The normalized spacial score (nSPS) is 11.3. The predicted molar refractivity (Wildman–Crippen MR) is 149 cm³/mol. The minimum Gasteiger partial charge on any atom is -0.462 e. The molecule has 2 N–H and O–H groups in total. The first-order chi connectivity index (χ1) is 17.9. The quantitative estimate of drug-likeness (QED) is 0.348. The molecule has 1 heterocycles. The van der Waals surface area contributed by atoms with Crippen molar-refractivity contribution in [3.8, 4) is 5.69 Å². The van der Waals surface area contributed by atoms with Gasteiger partial charge in [0.1, 0.15) is 12.4 Å². The third-order valence-corrected chi connectivity index (χ3v) is 5.91. The van der Waals surface area contributed by atoms with E-state index in [2.05, 4.69) is 10.6 Å². The summed E-state index contributed by atoms with van der Waals surface area (Å²) < 4.78 is 6.63. The van der Waals surface area contributed by atoms with Crippen molar-refractivity contribution in [1.29, 1.82) is 0 Å². The smallest absolute Gasteiger partial charge is 0.338 e. The van der Waals surface area contributed by atoms with E-state index in [4.69, 9.17) is 21.4 Å². The number of amides is 3. The van der Waals surface area contributed by atoms with Crippen molar-refractivity contribution in [3.63, 3.8) is 0 Å². The number of esters is 1. The minimum absolute atomic E-state index is 0.180. The third kappa shape index (κ3) is 7.35. The van der Waals surface area contributed by atoms with Crippen LogP contribution in [0.25, 0.3) is 5.69 Å². The van der Waals surface area contributed by atoms with Gasteiger partial charge in [0.2, 0.25) is 5.91 Å². The minimum atomic E-state index is -0.444. The van der Waals surface area contributed by atoms with E-state index in [0.717, 1.165) is 11.4 Å². The van der Waals surface area contributed by atoms with Crippen LogP contribution in [0.15, 0.2) is 54.6 Å². The van der Waals surface area contributed by atoms with Crippen LogP contribution in [0.4, 0.5) is 16.3 Å². The second-order valence-corrected chi connectivity index (χ2v) is 10.5. The van der Waals surface area contributed by atoms with Gasteiger partial charge in [0.15, 0.2) is 0 Å². The van der Waals surface area contributed by atoms with Crippen LogP contribution >= 0.6 is 11.6 Å². The van der Waals surface area contributed by atoms with Crippen LogP contribution in [-0.2, 0) is 14.9 Å². The standard InChI is InChI=1S/C28H34ClN5O4/c1-7-38-26(36)19-8-12-21(13-9-19)30-27(37)33(18(2)3)17-25(35)31-24-16-23(28(4,5)6)32-34(24)22-14-10-20(29)11-15-22/h8-16,18H,7,17H2,1-6H3,(H,30,37)(H,31,35). The molecule has 0 saturated carbocycles. The average molecular weight is 540 g/mol. The molecule has 3 rings (SSSR count). The summed E-state index contributed by atoms with van der Waals surface area (Å²) in [5.74, 6) is -0.318. The summed E-state index contributed by atoms with van der Waals surface area (Å²) in [7, 11) is 0. The van der Waals surface area contributed by atoms with E-state index in [9.17, 15) is 14.4 Å². The molecule has 0 bridgehead atoms. The summed E-state index contributed by atoms with van der Waals surface area (Å²) in [6, 6.07) is 14.6. The van der Waals surface area contributed by atoms with Crippen molar-refractivity contribution in [2.24, 2.45) is 0 Å². The number of ether oxygens (including phenoxy) is 1. The number of benzene rings is 2. The van der Waals surface area contributed by atoms with Crippen molar-refractivity contribution >= 4 is 41.0 Å². The van der Waals surface area contributed by atoms with Gasteiger partial charge in [0.05, 0.1) is 23.6 Å². The van der Waals surface area contributed by atoms with E-state index in [1.807, 2.05) is 52.8 Å². The van der Waals surface area contributed by atoms with Crippen molar-refractivity contribution in [1.82, 2.24) is 14.7 Å². The molecule has 10 heteroatoms. The SMILES string of the molecule is CCOC(=O)c1ccc(NC(=O)N(CC(=O)Nc2cc(C(C)(C)C)nn2-c2ccc(Cl)cc2)C(C)C)cc1. The Hall–Kier alpha value is -3.85. The largest absolute Gasteiger partial charge is 0.462 e. The lowest BCUT2D eigenvalue weighted by Gasteiger charge is -2.26. The van der Waals surface area contributed by atoms with Crippen LogP contribution in [0.1, 0.15) is 57.6 Å². The van der Waals surface area contributed by atoms with E-state index in [1.54, 1.807) is 48.0 Å². The molecule has 0 saturated heterocycles. The van der Waals surface area contributed by atoms with Crippen LogP contribution in [0, 0.1) is 0 Å². The molecule has 202 valence electrons. The number of nitrogens with one attached hydrogen (secondary N) is 2. The van der Waals surface area contributed by atoms with E-state index in [1.165, 1.54) is 4.90 Å². The Labute approximate surface area is 228 Å². The second-order valence-electron chi connectivity index (χ2n) is 10.1. The van der Waals surface area contributed by atoms with E-state index in [-0.39, 0.29) is 30.5 Å². The Morgan fingerprint density at radius 2 is 1.66 bits per heavy atom. The van der Waals surface area contributed by atoms with Gasteiger partial charge in [-0.05, 0) is 69.3 Å². The zero-order valence-corrected chi connectivity index (χ0v) is 23.3. The Balaban J connectivity index is 1.75. The Morgan fingerprint density at radius 1 is 1.03 bits per heavy atom. The molecule has 0 aliphatic carbocycles. The molecule has 1 aromatic heterocycles. The monoisotopic (exact) mass is 539 g/mol. The lowest BCUT2D eigenvalue weighted by Crippen LogP contribution is -2.44. The molecule has 0 fully saturated rings. The van der Waals surface area contributed by atoms with Crippen molar-refractivity contribution < 1.29 is 19.1 Å². The zero-order valence-electron chi connectivity index (χ0n) is 22.5. The van der Waals surface area contributed by atoms with Crippen LogP contribution in [0.5, 0.6) is 0 Å². The highest BCUT2D eigenvalue weighted by Gasteiger charge is 2.24. The highest BCUT2D eigenvalue weighted by atomic mass is 35.5. The highest BCUT2D eigenvalue weighted by Crippen LogP contribution is 2.27. The fraction of sp³-hybridized carbons (Fsp3) is 0.357. The number of urea groups is 1. The van der Waals surface area contributed by atoms with E-state index < -0.39 is 12.0 Å². The third-order valence-electron chi connectivity index (χ3n) is 5.66. The van der Waals surface area contributed by atoms with E-state index in [0.29, 0.717) is 22.1 Å². The molecule has 0 spiro atoms. The van der Waals surface area contributed by atoms with Crippen molar-refractivity contribution in [2.75, 3.05) is 23.8 Å². The summed E-state index contributed by atoms with van der Waals surface area (Å²) >= 11 is 6.05. The zero-order chi connectivity index (χ0) is 28.0. The summed E-state index contributed by atoms with van der Waals surface area (Å²) in [4.78, 5) is 39.4. The molecule has 3 aromatic rings. The number of carbonyl (C=O) groups is 3. The van der Waals surface area contributed by atoms with Gasteiger partial charge in [-0.15, -0.1) is 0 Å². The Morgan fingerprint density at radius 3 is 2.21 bits per heavy atom. The van der Waals surface area contributed by atoms with Gasteiger partial charge in [-0.1, -0.05) is 32.4 Å². The highest BCUT2D eigenvalue weighted by molar-refractivity contribution is 6.30. The van der Waals surface area contributed by atoms with Gasteiger partial charge < -0.3 is 20.3 Å². The number of nitrogens with zero attached hydrogens (tertiary/aromatic N) is 3. The van der Waals surface area contributed by atoms with Crippen LogP contribution in [-0.4, -0.2) is 51.8 Å². The topological polar surface area (TPSA) is 106 Å². The number of hydrogen-bond donors (Lipinski definition) is 2. The Bertz CT molecular complexity index is 1280. The second kappa shape index (κ2) is 12.1. The molecular weight excluding hydrogens is 506 g/mol. The van der Waals surface area contributed by atoms with Gasteiger partial charge >= 0.3 is 12.0 Å². The van der Waals surface area contributed by atoms with Gasteiger partial charge in [-0.3, -0.25) is 4.79 Å². The maximum Gasteiger partial charge on any atom is 0.338 e. The molecule has 38 heavy (non-hydrogen) atoms. The first-order valence-corrected chi connectivity index (χ1v) is 12.8. The van der Waals surface area contributed by atoms with Crippen molar-refractivity contribution in [3.05, 3.63) is 70.9 Å². The summed E-state index contributed by atoms with van der Waals surface area (Å²) in [5.41, 5.74) is 2.17. The first kappa shape index (κ1) is 28.7. The number of aromatic nitrogens is 2. The maximum atomic E-state index is 13.1. The fourth-order valence-electron chi connectivity index (χ4n) is 3.54. The number of carbonyl (C=O) groups excluding carboxylic acids is 3. The average Bonchev–Trinajstić information content (AvgIpc) is 3.27. The first-order valence-electron chi connectivity index (χ1n) is 12.4. The van der Waals surface area contributed by atoms with Crippen LogP contribution in [0.2, 0.25) is 5.02 Å². The predicted octanol–water partition coefficient (Wildman–Crippen LogP) is 5.88. The van der Waals surface area contributed by atoms with Crippen LogP contribution < -0.4 is 10.6 Å². The van der Waals surface area contributed by atoms with Gasteiger partial charge in [-0.25, -0.2) is 14.3 Å². The number of anilines is 2. The number of halogens is 1. The fourth-order valence-corrected chi connectivity index (χ4v) is 3.67. The maximum absolute atomic E-state index is 13.1. The Kier molecular flexibility index (Phi) is 9.17. The molecule has 0 unspecified atom stereocenters. The molecule has 0 aliphatic heterocycles. The molecule has 0 radical (unpaired) electrons. The lowest BCUT2D eigenvalue weighted by atomic mass is 9.92. The van der Waals surface area contributed by atoms with Gasteiger partial charge in [-0.2, -0.15) is 5.10 Å². The molecule has 2 aromatic carbocycles. The van der Waals surface area contributed by atoms with Gasteiger partial charge in [0.25, 0.3) is 0 Å².